The number of hydrogen-bond donors (Lipinski definition) is 2. The second kappa shape index (κ2) is 5.73. The number of aryl methyl sites for hydroxylation is 1. The van der Waals surface area contributed by atoms with Gasteiger partial charge in [0.1, 0.15) is 17.5 Å². The van der Waals surface area contributed by atoms with Crippen LogP contribution in [-0.2, 0) is 6.42 Å². The minimum atomic E-state index is -0.591. The monoisotopic (exact) mass is 251 g/mol. The van der Waals surface area contributed by atoms with Crippen LogP contribution in [0.15, 0.2) is 24.4 Å². The first-order valence-corrected chi connectivity index (χ1v) is 5.90. The third-order valence-electron chi connectivity index (χ3n) is 2.73. The molecule has 0 unspecified atom stereocenters. The van der Waals surface area contributed by atoms with E-state index in [1.54, 1.807) is 0 Å². The van der Waals surface area contributed by atoms with E-state index in [0.29, 0.717) is 12.2 Å². The second-order valence-electron chi connectivity index (χ2n) is 4.09. The standard InChI is InChI=1S/C13H15F2N3/c14-9-4-3-5-10(15)13(9)11-8-17-12(18-11)6-1-2-7-16/h3-5,8H,1-2,6-7,16H2,(H,17,18). The van der Waals surface area contributed by atoms with Crippen molar-refractivity contribution in [1.82, 2.24) is 9.97 Å². The van der Waals surface area contributed by atoms with Crippen molar-refractivity contribution in [2.45, 2.75) is 19.3 Å². The molecule has 0 saturated heterocycles. The molecule has 5 heteroatoms. The summed E-state index contributed by atoms with van der Waals surface area (Å²) in [5.41, 5.74) is 5.71. The number of rotatable bonds is 5. The van der Waals surface area contributed by atoms with Crippen molar-refractivity contribution in [2.24, 2.45) is 5.73 Å². The first kappa shape index (κ1) is 12.7. The van der Waals surface area contributed by atoms with Gasteiger partial charge in [-0.1, -0.05) is 6.07 Å². The number of aromatic nitrogens is 2. The van der Waals surface area contributed by atoms with Gasteiger partial charge in [-0.2, -0.15) is 0 Å². The molecule has 0 amide bonds. The molecule has 18 heavy (non-hydrogen) atoms. The Balaban J connectivity index is 2.19. The van der Waals surface area contributed by atoms with Gasteiger partial charge in [-0.3, -0.25) is 0 Å². The van der Waals surface area contributed by atoms with Crippen molar-refractivity contribution in [3.8, 4) is 11.3 Å². The highest BCUT2D eigenvalue weighted by molar-refractivity contribution is 5.60. The Hall–Kier alpha value is -1.75. The summed E-state index contributed by atoms with van der Waals surface area (Å²) in [6, 6.07) is 3.80. The molecule has 96 valence electrons. The Morgan fingerprint density at radius 2 is 1.89 bits per heavy atom. The lowest BCUT2D eigenvalue weighted by Gasteiger charge is -2.01. The van der Waals surface area contributed by atoms with Crippen molar-refractivity contribution in [2.75, 3.05) is 6.54 Å². The van der Waals surface area contributed by atoms with E-state index in [-0.39, 0.29) is 5.56 Å². The Kier molecular flexibility index (Phi) is 4.04. The Morgan fingerprint density at radius 1 is 1.17 bits per heavy atom. The van der Waals surface area contributed by atoms with Crippen LogP contribution in [0.5, 0.6) is 0 Å². The highest BCUT2D eigenvalue weighted by Crippen LogP contribution is 2.24. The lowest BCUT2D eigenvalue weighted by Crippen LogP contribution is -1.99. The molecule has 1 aromatic carbocycles. The summed E-state index contributed by atoms with van der Waals surface area (Å²) in [4.78, 5) is 7.05. The maximum absolute atomic E-state index is 13.5. The minimum Gasteiger partial charge on any atom is -0.342 e. The van der Waals surface area contributed by atoms with Crippen molar-refractivity contribution >= 4 is 0 Å². The molecular weight excluding hydrogens is 236 g/mol. The molecule has 0 bridgehead atoms. The zero-order valence-corrected chi connectivity index (χ0v) is 9.92. The molecule has 3 nitrogen and oxygen atoms in total. The molecule has 0 radical (unpaired) electrons. The van der Waals surface area contributed by atoms with Gasteiger partial charge in [0.25, 0.3) is 0 Å². The number of nitrogens with zero attached hydrogens (tertiary/aromatic N) is 1. The SMILES string of the molecule is NCCCCc1ncc(-c2c(F)cccc2F)[nH]1. The van der Waals surface area contributed by atoms with E-state index in [2.05, 4.69) is 9.97 Å². The van der Waals surface area contributed by atoms with Gasteiger partial charge < -0.3 is 10.7 Å². The number of unbranched alkanes of at least 4 members (excludes halogenated alkanes) is 1. The van der Waals surface area contributed by atoms with E-state index >= 15 is 0 Å². The second-order valence-corrected chi connectivity index (χ2v) is 4.09. The lowest BCUT2D eigenvalue weighted by molar-refractivity contribution is 0.588. The zero-order valence-electron chi connectivity index (χ0n) is 9.92. The number of imidazole rings is 1. The third-order valence-corrected chi connectivity index (χ3v) is 2.73. The normalized spacial score (nSPS) is 10.8. The van der Waals surface area contributed by atoms with Gasteiger partial charge >= 0.3 is 0 Å². The number of benzene rings is 1. The van der Waals surface area contributed by atoms with Gasteiger partial charge in [0.05, 0.1) is 17.5 Å². The summed E-state index contributed by atoms with van der Waals surface area (Å²) < 4.78 is 27.1. The van der Waals surface area contributed by atoms with Crippen LogP contribution in [0.2, 0.25) is 0 Å². The molecular formula is C13H15F2N3. The Morgan fingerprint density at radius 3 is 2.56 bits per heavy atom. The maximum Gasteiger partial charge on any atom is 0.135 e. The van der Waals surface area contributed by atoms with Crippen LogP contribution in [0, 0.1) is 11.6 Å². The molecule has 2 rings (SSSR count). The molecule has 0 atom stereocenters. The fourth-order valence-corrected chi connectivity index (χ4v) is 1.81. The van der Waals surface area contributed by atoms with E-state index in [0.717, 1.165) is 25.1 Å². The van der Waals surface area contributed by atoms with Crippen LogP contribution in [0.3, 0.4) is 0 Å². The Bertz CT molecular complexity index is 502. The van der Waals surface area contributed by atoms with Crippen molar-refractivity contribution in [3.05, 3.63) is 41.9 Å². The number of nitrogens with one attached hydrogen (secondary N) is 1. The van der Waals surface area contributed by atoms with Gasteiger partial charge in [-0.05, 0) is 31.5 Å². The molecule has 0 fully saturated rings. The molecule has 0 spiro atoms. The average Bonchev–Trinajstić information content (AvgIpc) is 2.78. The fourth-order valence-electron chi connectivity index (χ4n) is 1.81. The minimum absolute atomic E-state index is 0.0601. The van der Waals surface area contributed by atoms with Crippen LogP contribution in [0.25, 0.3) is 11.3 Å². The van der Waals surface area contributed by atoms with Crippen molar-refractivity contribution in [3.63, 3.8) is 0 Å². The summed E-state index contributed by atoms with van der Waals surface area (Å²) in [7, 11) is 0. The number of nitrogens with two attached hydrogens (primary N) is 1. The highest BCUT2D eigenvalue weighted by atomic mass is 19.1. The van der Waals surface area contributed by atoms with Gasteiger partial charge in [0.2, 0.25) is 0 Å². The van der Waals surface area contributed by atoms with Gasteiger partial charge in [-0.25, -0.2) is 13.8 Å². The lowest BCUT2D eigenvalue weighted by atomic mass is 10.1. The Labute approximate surface area is 104 Å². The first-order chi connectivity index (χ1) is 8.72. The molecule has 1 heterocycles. The van der Waals surface area contributed by atoms with Crippen LogP contribution in [0.1, 0.15) is 18.7 Å². The maximum atomic E-state index is 13.5. The summed E-state index contributed by atoms with van der Waals surface area (Å²) in [5.74, 6) is -0.458. The highest BCUT2D eigenvalue weighted by Gasteiger charge is 2.13. The molecule has 1 aromatic heterocycles. The molecule has 2 aromatic rings. The van der Waals surface area contributed by atoms with Crippen LogP contribution < -0.4 is 5.73 Å². The third kappa shape index (κ3) is 2.73. The molecule has 3 N–H and O–H groups in total. The van der Waals surface area contributed by atoms with Crippen LogP contribution in [-0.4, -0.2) is 16.5 Å². The largest absolute Gasteiger partial charge is 0.342 e. The van der Waals surface area contributed by atoms with Gasteiger partial charge in [-0.15, -0.1) is 0 Å². The summed E-state index contributed by atoms with van der Waals surface area (Å²) in [6.45, 7) is 0.634. The molecule has 0 aliphatic rings. The zero-order chi connectivity index (χ0) is 13.0. The van der Waals surface area contributed by atoms with Crippen molar-refractivity contribution in [1.29, 1.82) is 0 Å². The number of halogens is 2. The number of aromatic amines is 1. The summed E-state index contributed by atoms with van der Waals surface area (Å²) in [5, 5.41) is 0. The number of H-pyrrole nitrogens is 1. The van der Waals surface area contributed by atoms with Gasteiger partial charge in [0.15, 0.2) is 0 Å². The summed E-state index contributed by atoms with van der Waals surface area (Å²) in [6.07, 6.45) is 4.00. The van der Waals surface area contributed by atoms with E-state index < -0.39 is 11.6 Å². The van der Waals surface area contributed by atoms with E-state index in [1.807, 2.05) is 0 Å². The van der Waals surface area contributed by atoms with Crippen LogP contribution in [0.4, 0.5) is 8.78 Å². The summed E-state index contributed by atoms with van der Waals surface area (Å²) >= 11 is 0. The van der Waals surface area contributed by atoms with E-state index in [4.69, 9.17) is 5.73 Å². The van der Waals surface area contributed by atoms with Crippen molar-refractivity contribution < 1.29 is 8.78 Å². The number of hydrogen-bond acceptors (Lipinski definition) is 2. The van der Waals surface area contributed by atoms with Crippen LogP contribution >= 0.6 is 0 Å². The predicted octanol–water partition coefficient (Wildman–Crippen LogP) is 2.64. The van der Waals surface area contributed by atoms with Gasteiger partial charge in [0, 0.05) is 6.42 Å². The van der Waals surface area contributed by atoms with E-state index in [1.165, 1.54) is 24.4 Å². The predicted molar refractivity (Wildman–Crippen MR) is 65.9 cm³/mol. The molecule has 0 saturated carbocycles. The van der Waals surface area contributed by atoms with E-state index in [9.17, 15) is 8.78 Å². The molecule has 0 aliphatic heterocycles. The topological polar surface area (TPSA) is 54.7 Å². The smallest absolute Gasteiger partial charge is 0.135 e. The fraction of sp³-hybridized carbons (Fsp3) is 0.308. The average molecular weight is 251 g/mol. The quantitative estimate of drug-likeness (QED) is 0.803. The first-order valence-electron chi connectivity index (χ1n) is 5.90. The molecule has 0 aliphatic carbocycles.